The van der Waals surface area contributed by atoms with Gasteiger partial charge in [-0.05, 0) is 6.26 Å². The van der Waals surface area contributed by atoms with Crippen molar-refractivity contribution in [2.75, 3.05) is 12.8 Å². The van der Waals surface area contributed by atoms with Crippen molar-refractivity contribution in [3.63, 3.8) is 0 Å². The van der Waals surface area contributed by atoms with Crippen molar-refractivity contribution >= 4 is 16.8 Å². The Morgan fingerprint density at radius 1 is 2.00 bits per heavy atom. The first-order chi connectivity index (χ1) is 4.20. The Kier molecular flexibility index (Phi) is 3.78. The lowest BCUT2D eigenvalue weighted by atomic mass is 10.7. The van der Waals surface area contributed by atoms with Gasteiger partial charge in [-0.3, -0.25) is 10.1 Å². The van der Waals surface area contributed by atoms with E-state index in [4.69, 9.17) is 5.84 Å². The van der Waals surface area contributed by atoms with Crippen LogP contribution in [0, 0.1) is 10.1 Å². The van der Waals surface area contributed by atoms with Crippen molar-refractivity contribution in [2.24, 2.45) is 10.9 Å². The maximum atomic E-state index is 9.78. The zero-order valence-electron chi connectivity index (χ0n) is 4.90. The van der Waals surface area contributed by atoms with Gasteiger partial charge in [-0.2, -0.15) is 5.10 Å². The van der Waals surface area contributed by atoms with E-state index in [1.54, 1.807) is 6.26 Å². The first-order valence-electron chi connectivity index (χ1n) is 2.13. The molecule has 0 saturated carbocycles. The summed E-state index contributed by atoms with van der Waals surface area (Å²) in [4.78, 5) is 9.31. The molecule has 0 bridgehead atoms. The van der Waals surface area contributed by atoms with E-state index in [1.807, 2.05) is 0 Å². The van der Waals surface area contributed by atoms with Gasteiger partial charge in [0.15, 0.2) is 5.04 Å². The minimum atomic E-state index is -0.470. The van der Waals surface area contributed by atoms with Gasteiger partial charge in [-0.15, -0.1) is 11.8 Å². The highest BCUT2D eigenvalue weighted by Gasteiger charge is 2.03. The van der Waals surface area contributed by atoms with E-state index >= 15 is 0 Å². The average Bonchev–Trinajstić information content (AvgIpc) is 1.82. The molecule has 6 heteroatoms. The molecule has 0 saturated heterocycles. The Morgan fingerprint density at radius 3 is 2.67 bits per heavy atom. The number of rotatable bonds is 2. The van der Waals surface area contributed by atoms with Crippen LogP contribution < -0.4 is 5.84 Å². The standard InChI is InChI=1S/C3H7N3O2S/c1-9-3(5-4)2-6(7)8/h2,4H2,1H3/b5-3+. The van der Waals surface area contributed by atoms with E-state index < -0.39 is 4.92 Å². The molecular formula is C3H7N3O2S. The molecule has 0 radical (unpaired) electrons. The Hall–Kier alpha value is -0.780. The molecule has 0 aliphatic carbocycles. The van der Waals surface area contributed by atoms with Gasteiger partial charge in [-0.1, -0.05) is 0 Å². The fourth-order valence-electron chi connectivity index (χ4n) is 0.269. The van der Waals surface area contributed by atoms with Crippen molar-refractivity contribution in [1.82, 2.24) is 0 Å². The van der Waals surface area contributed by atoms with E-state index in [0.29, 0.717) is 5.04 Å². The second-order valence-electron chi connectivity index (χ2n) is 1.22. The molecule has 0 aliphatic rings. The van der Waals surface area contributed by atoms with E-state index in [9.17, 15) is 10.1 Å². The summed E-state index contributed by atoms with van der Waals surface area (Å²) in [6.45, 7) is -0.280. The van der Waals surface area contributed by atoms with Crippen LogP contribution in [0.15, 0.2) is 5.10 Å². The second kappa shape index (κ2) is 4.13. The van der Waals surface area contributed by atoms with Crippen LogP contribution in [0.3, 0.4) is 0 Å². The number of nitrogens with zero attached hydrogens (tertiary/aromatic N) is 2. The molecule has 0 aromatic heterocycles. The van der Waals surface area contributed by atoms with Crippen LogP contribution in [0.5, 0.6) is 0 Å². The van der Waals surface area contributed by atoms with Gasteiger partial charge in [0, 0.05) is 4.92 Å². The normalized spacial score (nSPS) is 11.4. The third kappa shape index (κ3) is 3.77. The third-order valence-corrected chi connectivity index (χ3v) is 1.35. The lowest BCUT2D eigenvalue weighted by Crippen LogP contribution is -2.11. The van der Waals surface area contributed by atoms with Crippen LogP contribution in [-0.2, 0) is 0 Å². The predicted molar refractivity (Wildman–Crippen MR) is 37.0 cm³/mol. The van der Waals surface area contributed by atoms with Gasteiger partial charge in [0.25, 0.3) is 6.54 Å². The number of nitro groups is 1. The van der Waals surface area contributed by atoms with Gasteiger partial charge in [0.2, 0.25) is 0 Å². The van der Waals surface area contributed by atoms with Crippen LogP contribution in [0.25, 0.3) is 0 Å². The van der Waals surface area contributed by atoms with Crippen LogP contribution in [0.1, 0.15) is 0 Å². The Morgan fingerprint density at radius 2 is 2.56 bits per heavy atom. The predicted octanol–water partition coefficient (Wildman–Crippen LogP) is -0.102. The van der Waals surface area contributed by atoms with Crippen LogP contribution in [-0.4, -0.2) is 22.8 Å². The molecule has 2 N–H and O–H groups in total. The summed E-state index contributed by atoms with van der Waals surface area (Å²) in [5.41, 5.74) is 0. The fraction of sp³-hybridized carbons (Fsp3) is 0.667. The molecule has 0 amide bonds. The molecular weight excluding hydrogens is 142 g/mol. The monoisotopic (exact) mass is 149 g/mol. The highest BCUT2D eigenvalue weighted by molar-refractivity contribution is 8.13. The summed E-state index contributed by atoms with van der Waals surface area (Å²) in [6.07, 6.45) is 1.69. The lowest BCUT2D eigenvalue weighted by molar-refractivity contribution is -0.462. The minimum absolute atomic E-state index is 0.280. The Balaban J connectivity index is 3.71. The molecule has 0 aliphatic heterocycles. The number of hydrogen-bond donors (Lipinski definition) is 1. The number of hydrazone groups is 1. The zero-order valence-corrected chi connectivity index (χ0v) is 5.72. The summed E-state index contributed by atoms with van der Waals surface area (Å²) in [6, 6.07) is 0. The van der Waals surface area contributed by atoms with Crippen molar-refractivity contribution in [3.8, 4) is 0 Å². The molecule has 0 unspecified atom stereocenters. The summed E-state index contributed by atoms with van der Waals surface area (Å²) >= 11 is 1.18. The lowest BCUT2D eigenvalue weighted by Gasteiger charge is -1.91. The average molecular weight is 149 g/mol. The van der Waals surface area contributed by atoms with Gasteiger partial charge in [0.1, 0.15) is 0 Å². The van der Waals surface area contributed by atoms with E-state index in [-0.39, 0.29) is 6.54 Å². The first kappa shape index (κ1) is 8.22. The van der Waals surface area contributed by atoms with Crippen LogP contribution >= 0.6 is 11.8 Å². The molecule has 0 heterocycles. The second-order valence-corrected chi connectivity index (χ2v) is 2.10. The van der Waals surface area contributed by atoms with Gasteiger partial charge in [-0.25, -0.2) is 0 Å². The molecule has 9 heavy (non-hydrogen) atoms. The highest BCUT2D eigenvalue weighted by atomic mass is 32.2. The minimum Gasteiger partial charge on any atom is -0.322 e. The van der Waals surface area contributed by atoms with Crippen LogP contribution in [0.4, 0.5) is 0 Å². The molecule has 0 aromatic rings. The molecule has 0 spiro atoms. The highest BCUT2D eigenvalue weighted by Crippen LogP contribution is 1.95. The number of nitrogens with two attached hydrogens (primary N) is 1. The van der Waals surface area contributed by atoms with E-state index in [0.717, 1.165) is 0 Å². The summed E-state index contributed by atoms with van der Waals surface area (Å²) in [5, 5.41) is 13.3. The zero-order chi connectivity index (χ0) is 7.28. The SMILES string of the molecule is CS/C(C[N+](=O)[O-])=N/N. The van der Waals surface area contributed by atoms with Gasteiger partial charge >= 0.3 is 0 Å². The smallest absolute Gasteiger partial charge is 0.253 e. The number of thioether (sulfide) groups is 1. The van der Waals surface area contributed by atoms with Crippen molar-refractivity contribution in [3.05, 3.63) is 10.1 Å². The van der Waals surface area contributed by atoms with Crippen molar-refractivity contribution in [2.45, 2.75) is 0 Å². The maximum Gasteiger partial charge on any atom is 0.253 e. The van der Waals surface area contributed by atoms with Crippen molar-refractivity contribution < 1.29 is 4.92 Å². The quantitative estimate of drug-likeness (QED) is 0.195. The molecule has 0 atom stereocenters. The summed E-state index contributed by atoms with van der Waals surface area (Å²) in [5.74, 6) is 4.79. The van der Waals surface area contributed by atoms with Crippen LogP contribution in [0.2, 0.25) is 0 Å². The Labute approximate surface area is 56.5 Å². The summed E-state index contributed by atoms with van der Waals surface area (Å²) in [7, 11) is 0. The number of hydrogen-bond acceptors (Lipinski definition) is 5. The van der Waals surface area contributed by atoms with Crippen molar-refractivity contribution in [1.29, 1.82) is 0 Å². The molecule has 52 valence electrons. The molecule has 0 aromatic carbocycles. The summed E-state index contributed by atoms with van der Waals surface area (Å²) < 4.78 is 0. The fourth-order valence-corrected chi connectivity index (χ4v) is 0.608. The molecule has 5 nitrogen and oxygen atoms in total. The topological polar surface area (TPSA) is 81.5 Å². The maximum absolute atomic E-state index is 9.78. The largest absolute Gasteiger partial charge is 0.322 e. The molecule has 0 rings (SSSR count). The van der Waals surface area contributed by atoms with Gasteiger partial charge in [0.05, 0.1) is 0 Å². The third-order valence-electron chi connectivity index (χ3n) is 0.644. The van der Waals surface area contributed by atoms with E-state index in [2.05, 4.69) is 5.10 Å². The van der Waals surface area contributed by atoms with Gasteiger partial charge < -0.3 is 5.84 Å². The molecule has 0 fully saturated rings. The first-order valence-corrected chi connectivity index (χ1v) is 3.35. The Bertz CT molecular complexity index is 135. The van der Waals surface area contributed by atoms with E-state index in [1.165, 1.54) is 11.8 Å².